The van der Waals surface area contributed by atoms with Gasteiger partial charge in [-0.15, -0.1) is 0 Å². The molecule has 0 saturated carbocycles. The molecule has 2 aliphatic rings. The summed E-state index contributed by atoms with van der Waals surface area (Å²) in [5, 5.41) is 10.3. The van der Waals surface area contributed by atoms with Crippen molar-refractivity contribution in [3.05, 3.63) is 65.5 Å². The van der Waals surface area contributed by atoms with Crippen LogP contribution in [-0.2, 0) is 4.74 Å². The number of fused-ring (bicyclic) bond motifs is 1. The molecule has 1 aromatic rings. The van der Waals surface area contributed by atoms with Crippen LogP contribution in [0.2, 0.25) is 0 Å². The Balaban J connectivity index is 2.01. The highest BCUT2D eigenvalue weighted by atomic mass is 16.5. The molecule has 0 aliphatic heterocycles. The van der Waals surface area contributed by atoms with Crippen molar-refractivity contribution >= 4 is 5.57 Å². The van der Waals surface area contributed by atoms with E-state index < -0.39 is 0 Å². The monoisotopic (exact) mass is 268 g/mol. The summed E-state index contributed by atoms with van der Waals surface area (Å²) in [6.07, 6.45) is 7.05. The molecule has 1 aromatic carbocycles. The van der Waals surface area contributed by atoms with Crippen LogP contribution in [0.5, 0.6) is 0 Å². The third-order valence-electron chi connectivity index (χ3n) is 4.47. The van der Waals surface area contributed by atoms with Gasteiger partial charge in [0.15, 0.2) is 0 Å². The largest absolute Gasteiger partial charge is 0.508 e. The number of hydrogen-bond donors (Lipinski definition) is 1. The van der Waals surface area contributed by atoms with E-state index in [9.17, 15) is 5.11 Å². The second-order valence-corrected chi connectivity index (χ2v) is 5.57. The molecule has 0 saturated heterocycles. The molecule has 0 bridgehead atoms. The molecule has 104 valence electrons. The zero-order valence-corrected chi connectivity index (χ0v) is 11.9. The van der Waals surface area contributed by atoms with Crippen LogP contribution in [0.4, 0.5) is 0 Å². The molecule has 0 fully saturated rings. The molecule has 1 N–H and O–H groups in total. The van der Waals surface area contributed by atoms with Crippen LogP contribution in [0.25, 0.3) is 5.57 Å². The minimum absolute atomic E-state index is 0.147. The number of benzene rings is 1. The Labute approximate surface area is 120 Å². The first-order valence-corrected chi connectivity index (χ1v) is 7.12. The number of aliphatic hydroxyl groups excluding tert-OH is 1. The zero-order valence-electron chi connectivity index (χ0n) is 11.9. The van der Waals surface area contributed by atoms with E-state index in [2.05, 4.69) is 19.1 Å². The summed E-state index contributed by atoms with van der Waals surface area (Å²) in [6.45, 7) is 2.24. The first-order valence-electron chi connectivity index (χ1n) is 7.12. The molecule has 20 heavy (non-hydrogen) atoms. The maximum atomic E-state index is 10.3. The van der Waals surface area contributed by atoms with Crippen LogP contribution in [0.1, 0.15) is 18.9 Å². The van der Waals surface area contributed by atoms with E-state index in [4.69, 9.17) is 4.74 Å². The highest BCUT2D eigenvalue weighted by Crippen LogP contribution is 2.43. The first kappa shape index (κ1) is 13.2. The molecule has 2 aliphatic carbocycles. The molecular weight excluding hydrogens is 248 g/mol. The summed E-state index contributed by atoms with van der Waals surface area (Å²) in [5.74, 6) is 1.11. The average Bonchev–Trinajstić information content (AvgIpc) is 2.51. The maximum absolute atomic E-state index is 10.3. The standard InChI is InChI=1S/C18H20O2/c1-12-16(13-6-4-3-5-7-13)11-18(19)15-9-8-14(20-2)10-17(12)15/h3-9,11-12,14,17,19H,10H2,1-2H3/t12?,14-,17?/m0/s1. The SMILES string of the molecule is CO[C@H]1C=CC2=C(O)C=C(c3ccccc3)C(C)C2C1. The lowest BCUT2D eigenvalue weighted by atomic mass is 9.71. The fourth-order valence-electron chi connectivity index (χ4n) is 3.27. The maximum Gasteiger partial charge on any atom is 0.119 e. The molecule has 3 rings (SSSR count). The van der Waals surface area contributed by atoms with E-state index in [1.54, 1.807) is 7.11 Å². The van der Waals surface area contributed by atoms with Gasteiger partial charge in [-0.2, -0.15) is 0 Å². The van der Waals surface area contributed by atoms with Crippen molar-refractivity contribution in [2.75, 3.05) is 7.11 Å². The van der Waals surface area contributed by atoms with Crippen molar-refractivity contribution in [3.63, 3.8) is 0 Å². The van der Waals surface area contributed by atoms with Gasteiger partial charge < -0.3 is 9.84 Å². The summed E-state index contributed by atoms with van der Waals surface area (Å²) in [6, 6.07) is 10.3. The lowest BCUT2D eigenvalue weighted by Crippen LogP contribution is -2.28. The van der Waals surface area contributed by atoms with Crippen LogP contribution < -0.4 is 0 Å². The van der Waals surface area contributed by atoms with E-state index in [1.807, 2.05) is 36.4 Å². The van der Waals surface area contributed by atoms with E-state index in [0.29, 0.717) is 17.6 Å². The molecule has 0 heterocycles. The highest BCUT2D eigenvalue weighted by Gasteiger charge is 2.33. The lowest BCUT2D eigenvalue weighted by Gasteiger charge is -2.35. The molecule has 2 heteroatoms. The molecule has 0 amide bonds. The number of rotatable bonds is 2. The third-order valence-corrected chi connectivity index (χ3v) is 4.47. The van der Waals surface area contributed by atoms with Crippen LogP contribution in [0, 0.1) is 11.8 Å². The Morgan fingerprint density at radius 2 is 1.95 bits per heavy atom. The topological polar surface area (TPSA) is 29.5 Å². The van der Waals surface area contributed by atoms with Gasteiger partial charge >= 0.3 is 0 Å². The summed E-state index contributed by atoms with van der Waals surface area (Å²) in [4.78, 5) is 0. The number of methoxy groups -OCH3 is 1. The number of aliphatic hydroxyl groups is 1. The second-order valence-electron chi connectivity index (χ2n) is 5.57. The number of ether oxygens (including phenoxy) is 1. The van der Waals surface area contributed by atoms with Crippen molar-refractivity contribution in [2.45, 2.75) is 19.4 Å². The van der Waals surface area contributed by atoms with Gasteiger partial charge in [-0.05, 0) is 41.0 Å². The van der Waals surface area contributed by atoms with Gasteiger partial charge in [-0.25, -0.2) is 0 Å². The van der Waals surface area contributed by atoms with Crippen LogP contribution in [0.3, 0.4) is 0 Å². The van der Waals surface area contributed by atoms with E-state index in [0.717, 1.165) is 12.0 Å². The summed E-state index contributed by atoms with van der Waals surface area (Å²) in [7, 11) is 1.74. The van der Waals surface area contributed by atoms with Crippen molar-refractivity contribution in [3.8, 4) is 0 Å². The summed E-state index contributed by atoms with van der Waals surface area (Å²) in [5.41, 5.74) is 3.45. The molecule has 0 aromatic heterocycles. The van der Waals surface area contributed by atoms with Gasteiger partial charge in [-0.3, -0.25) is 0 Å². The number of hydrogen-bond acceptors (Lipinski definition) is 2. The second kappa shape index (κ2) is 5.29. The van der Waals surface area contributed by atoms with Crippen LogP contribution >= 0.6 is 0 Å². The minimum atomic E-state index is 0.147. The van der Waals surface area contributed by atoms with Gasteiger partial charge in [0.25, 0.3) is 0 Å². The molecule has 0 radical (unpaired) electrons. The quantitative estimate of drug-likeness (QED) is 0.874. The van der Waals surface area contributed by atoms with Gasteiger partial charge in [0.1, 0.15) is 5.76 Å². The average molecular weight is 268 g/mol. The van der Waals surface area contributed by atoms with Gasteiger partial charge in [0, 0.05) is 7.11 Å². The fraction of sp³-hybridized carbons (Fsp3) is 0.333. The fourth-order valence-corrected chi connectivity index (χ4v) is 3.27. The normalized spacial score (nSPS) is 29.1. The van der Waals surface area contributed by atoms with Crippen molar-refractivity contribution < 1.29 is 9.84 Å². The first-order chi connectivity index (χ1) is 9.70. The molecule has 2 nitrogen and oxygen atoms in total. The van der Waals surface area contributed by atoms with Gasteiger partial charge in [0.05, 0.1) is 6.10 Å². The highest BCUT2D eigenvalue weighted by molar-refractivity contribution is 5.72. The van der Waals surface area contributed by atoms with Gasteiger partial charge in [0.2, 0.25) is 0 Å². The van der Waals surface area contributed by atoms with Crippen molar-refractivity contribution in [1.82, 2.24) is 0 Å². The summed E-state index contributed by atoms with van der Waals surface area (Å²) >= 11 is 0. The Hall–Kier alpha value is -1.80. The predicted octanol–water partition coefficient (Wildman–Crippen LogP) is 4.12. The lowest BCUT2D eigenvalue weighted by molar-refractivity contribution is 0.112. The third kappa shape index (κ3) is 2.20. The molecule has 3 atom stereocenters. The van der Waals surface area contributed by atoms with E-state index in [-0.39, 0.29) is 6.10 Å². The Bertz CT molecular complexity index is 581. The van der Waals surface area contributed by atoms with E-state index >= 15 is 0 Å². The smallest absolute Gasteiger partial charge is 0.119 e. The number of allylic oxidation sites excluding steroid dienone is 4. The zero-order chi connectivity index (χ0) is 14.1. The Kier molecular flexibility index (Phi) is 3.49. The Morgan fingerprint density at radius 3 is 2.65 bits per heavy atom. The minimum Gasteiger partial charge on any atom is -0.508 e. The molecule has 0 spiro atoms. The van der Waals surface area contributed by atoms with E-state index in [1.165, 1.54) is 11.1 Å². The van der Waals surface area contributed by atoms with Gasteiger partial charge in [-0.1, -0.05) is 49.4 Å². The predicted molar refractivity (Wildman–Crippen MR) is 81.3 cm³/mol. The van der Waals surface area contributed by atoms with Crippen molar-refractivity contribution in [1.29, 1.82) is 0 Å². The summed E-state index contributed by atoms with van der Waals surface area (Å²) < 4.78 is 5.45. The molecular formula is C18H20O2. The molecule has 2 unspecified atom stereocenters. The van der Waals surface area contributed by atoms with Crippen molar-refractivity contribution in [2.24, 2.45) is 11.8 Å². The van der Waals surface area contributed by atoms with Crippen LogP contribution in [-0.4, -0.2) is 18.3 Å². The van der Waals surface area contributed by atoms with Crippen LogP contribution in [0.15, 0.2) is 59.9 Å². The Morgan fingerprint density at radius 1 is 1.20 bits per heavy atom.